The first-order valence-corrected chi connectivity index (χ1v) is 15.0. The van der Waals surface area contributed by atoms with Crippen molar-refractivity contribution in [2.24, 2.45) is 5.73 Å². The number of amides is 2. The number of nitrogens with zero attached hydrogens (tertiary/aromatic N) is 1. The monoisotopic (exact) mass is 691 g/mol. The first-order valence-electron chi connectivity index (χ1n) is 14.1. The average Bonchev–Trinajstić information content (AvgIpc) is 3.04. The molecule has 15 heteroatoms. The van der Waals surface area contributed by atoms with Crippen LogP contribution in [0.5, 0.6) is 5.75 Å². The van der Waals surface area contributed by atoms with E-state index in [0.29, 0.717) is 5.56 Å². The van der Waals surface area contributed by atoms with Crippen molar-refractivity contribution < 1.29 is 50.6 Å². The number of pyridine rings is 1. The predicted molar refractivity (Wildman–Crippen MR) is 165 cm³/mol. The van der Waals surface area contributed by atoms with E-state index in [1.807, 2.05) is 0 Å². The predicted octanol–water partition coefficient (Wildman–Crippen LogP) is 6.58. The molecule has 1 heterocycles. The summed E-state index contributed by atoms with van der Waals surface area (Å²) < 4.78 is 81.7. The number of rotatable bonds is 13. The fourth-order valence-corrected chi connectivity index (χ4v) is 6.15. The zero-order valence-corrected chi connectivity index (χ0v) is 25.6. The number of carboxylic acids is 1. The minimum Gasteiger partial charge on any atom is -0.484 e. The Kier molecular flexibility index (Phi) is 11.0. The van der Waals surface area contributed by atoms with Gasteiger partial charge in [-0.05, 0) is 53.1 Å². The van der Waals surface area contributed by atoms with Gasteiger partial charge in [0, 0.05) is 29.6 Å². The molecular weight excluding hydrogens is 664 g/mol. The summed E-state index contributed by atoms with van der Waals surface area (Å²) in [4.78, 5) is 42.2. The molecule has 1 aromatic heterocycles. The second kappa shape index (κ2) is 14.8. The SMILES string of the molecule is NC(=O)C(SCCC(=O)O)(c1ccccc1)c1ccc(OCC(F)(F)F)cc1-c1cc(C(=O)NCc2cccc(C(F)(F)F)c2)ccn1. The van der Waals surface area contributed by atoms with E-state index in [2.05, 4.69) is 10.3 Å². The van der Waals surface area contributed by atoms with Gasteiger partial charge in [0.05, 0.1) is 17.7 Å². The van der Waals surface area contributed by atoms with Crippen LogP contribution in [-0.2, 0) is 27.1 Å². The van der Waals surface area contributed by atoms with Crippen LogP contribution in [0.15, 0.2) is 91.1 Å². The number of aliphatic carboxylic acids is 1. The topological polar surface area (TPSA) is 132 Å². The normalized spacial score (nSPS) is 13.0. The Labute approximate surface area is 274 Å². The molecule has 4 N–H and O–H groups in total. The zero-order chi connectivity index (χ0) is 35.1. The molecule has 0 fully saturated rings. The molecule has 252 valence electrons. The molecule has 3 aromatic carbocycles. The lowest BCUT2D eigenvalue weighted by Crippen LogP contribution is -2.40. The molecule has 1 unspecified atom stereocenters. The number of nitrogens with two attached hydrogens (primary N) is 1. The third-order valence-corrected chi connectivity index (χ3v) is 8.44. The second-order valence-corrected chi connectivity index (χ2v) is 11.6. The van der Waals surface area contributed by atoms with Crippen molar-refractivity contribution in [2.75, 3.05) is 12.4 Å². The summed E-state index contributed by atoms with van der Waals surface area (Å²) in [5.74, 6) is -3.11. The fraction of sp³-hybridized carbons (Fsp3) is 0.212. The molecule has 2 amide bonds. The average molecular weight is 692 g/mol. The lowest BCUT2D eigenvalue weighted by molar-refractivity contribution is -0.153. The molecule has 0 saturated heterocycles. The number of primary amides is 1. The highest BCUT2D eigenvalue weighted by Gasteiger charge is 2.43. The van der Waals surface area contributed by atoms with Gasteiger partial charge in [0.2, 0.25) is 5.91 Å². The molecule has 48 heavy (non-hydrogen) atoms. The number of hydrogen-bond acceptors (Lipinski definition) is 6. The third kappa shape index (κ3) is 8.85. The number of carboxylic acid groups (broad SMARTS) is 1. The molecule has 0 aliphatic heterocycles. The minimum absolute atomic E-state index is 0.00886. The summed E-state index contributed by atoms with van der Waals surface area (Å²) in [6.45, 7) is -1.89. The molecule has 0 spiro atoms. The van der Waals surface area contributed by atoms with Crippen LogP contribution >= 0.6 is 11.8 Å². The Bertz CT molecular complexity index is 1790. The summed E-state index contributed by atoms with van der Waals surface area (Å²) >= 11 is 0.900. The van der Waals surface area contributed by atoms with Gasteiger partial charge in [0.25, 0.3) is 5.91 Å². The lowest BCUT2D eigenvalue weighted by Gasteiger charge is -2.33. The molecule has 0 bridgehead atoms. The van der Waals surface area contributed by atoms with Gasteiger partial charge < -0.3 is 20.9 Å². The summed E-state index contributed by atoms with van der Waals surface area (Å²) in [6, 6.07) is 18.8. The number of carbonyl (C=O) groups is 3. The van der Waals surface area contributed by atoms with Gasteiger partial charge in [0.15, 0.2) is 6.61 Å². The quantitative estimate of drug-likeness (QED) is 0.135. The van der Waals surface area contributed by atoms with Crippen LogP contribution in [0.25, 0.3) is 11.3 Å². The number of benzene rings is 3. The highest BCUT2D eigenvalue weighted by atomic mass is 32.2. The van der Waals surface area contributed by atoms with Crippen LogP contribution in [0, 0.1) is 0 Å². The molecule has 4 aromatic rings. The van der Waals surface area contributed by atoms with E-state index in [0.717, 1.165) is 23.9 Å². The van der Waals surface area contributed by atoms with Crippen LogP contribution in [-0.4, -0.2) is 46.4 Å². The Morgan fingerprint density at radius 2 is 1.58 bits per heavy atom. The van der Waals surface area contributed by atoms with Crippen molar-refractivity contribution in [1.82, 2.24) is 10.3 Å². The largest absolute Gasteiger partial charge is 0.484 e. The number of carbonyl (C=O) groups excluding carboxylic acids is 2. The molecule has 1 atom stereocenters. The Balaban J connectivity index is 1.80. The highest BCUT2D eigenvalue weighted by Crippen LogP contribution is 2.47. The maximum atomic E-state index is 13.4. The maximum absolute atomic E-state index is 13.4. The van der Waals surface area contributed by atoms with Gasteiger partial charge in [-0.25, -0.2) is 0 Å². The van der Waals surface area contributed by atoms with Gasteiger partial charge in [-0.2, -0.15) is 26.3 Å². The van der Waals surface area contributed by atoms with E-state index in [9.17, 15) is 45.8 Å². The van der Waals surface area contributed by atoms with E-state index in [4.69, 9.17) is 10.5 Å². The minimum atomic E-state index is -4.68. The second-order valence-electron chi connectivity index (χ2n) is 10.3. The van der Waals surface area contributed by atoms with Crippen molar-refractivity contribution >= 4 is 29.5 Å². The van der Waals surface area contributed by atoms with E-state index in [1.54, 1.807) is 30.3 Å². The van der Waals surface area contributed by atoms with Crippen LogP contribution in [0.4, 0.5) is 26.3 Å². The van der Waals surface area contributed by atoms with Gasteiger partial charge in [-0.15, -0.1) is 11.8 Å². The Hall–Kier alpha value is -5.05. The third-order valence-electron chi connectivity index (χ3n) is 6.94. The van der Waals surface area contributed by atoms with Gasteiger partial charge in [-0.3, -0.25) is 19.4 Å². The number of ether oxygens (including phenoxy) is 1. The first kappa shape index (κ1) is 35.8. The van der Waals surface area contributed by atoms with E-state index in [-0.39, 0.29) is 52.4 Å². The molecule has 0 saturated carbocycles. The molecule has 4 rings (SSSR count). The van der Waals surface area contributed by atoms with E-state index < -0.39 is 47.1 Å². The molecule has 8 nitrogen and oxygen atoms in total. The fourth-order valence-electron chi connectivity index (χ4n) is 4.79. The van der Waals surface area contributed by atoms with Crippen LogP contribution in [0.3, 0.4) is 0 Å². The van der Waals surface area contributed by atoms with Gasteiger partial charge in [-0.1, -0.05) is 48.5 Å². The van der Waals surface area contributed by atoms with Crippen molar-refractivity contribution in [1.29, 1.82) is 0 Å². The number of hydrogen-bond donors (Lipinski definition) is 3. The van der Waals surface area contributed by atoms with Crippen molar-refractivity contribution in [3.63, 3.8) is 0 Å². The summed E-state index contributed by atoms with van der Waals surface area (Å²) in [5, 5.41) is 11.8. The molecule has 0 radical (unpaired) electrons. The number of halogens is 6. The van der Waals surface area contributed by atoms with Crippen molar-refractivity contribution in [3.05, 3.63) is 119 Å². The smallest absolute Gasteiger partial charge is 0.422 e. The highest BCUT2D eigenvalue weighted by molar-refractivity contribution is 8.01. The van der Waals surface area contributed by atoms with Crippen LogP contribution < -0.4 is 15.8 Å². The van der Waals surface area contributed by atoms with Crippen LogP contribution in [0.1, 0.15) is 39.0 Å². The number of alkyl halides is 6. The summed E-state index contributed by atoms with van der Waals surface area (Å²) in [5.41, 5.74) is 5.83. The first-order chi connectivity index (χ1) is 22.6. The number of thioether (sulfide) groups is 1. The number of nitrogens with one attached hydrogen (secondary N) is 1. The summed E-state index contributed by atoms with van der Waals surface area (Å²) in [7, 11) is 0. The standard InChI is InChI=1S/C33H27F6N3O5S/c34-31(35,36)19-47-24-9-10-26(32(30(40)46,48-14-12-28(43)44)22-6-2-1-3-7-22)25(17-24)27-16-21(11-13-41-27)29(45)42-18-20-5-4-8-23(15-20)33(37,38)39/h1-11,13,15-17H,12,14,18-19H2,(H2,40,46)(H,42,45)(H,43,44). The Morgan fingerprint density at radius 3 is 2.23 bits per heavy atom. The van der Waals surface area contributed by atoms with E-state index >= 15 is 0 Å². The van der Waals surface area contributed by atoms with Crippen LogP contribution in [0.2, 0.25) is 0 Å². The van der Waals surface area contributed by atoms with Crippen molar-refractivity contribution in [2.45, 2.75) is 30.1 Å². The lowest BCUT2D eigenvalue weighted by atomic mass is 9.85. The van der Waals surface area contributed by atoms with Gasteiger partial charge >= 0.3 is 18.3 Å². The number of aromatic nitrogens is 1. The maximum Gasteiger partial charge on any atom is 0.422 e. The zero-order valence-electron chi connectivity index (χ0n) is 24.8. The molecule has 0 aliphatic carbocycles. The Morgan fingerprint density at radius 1 is 0.875 bits per heavy atom. The van der Waals surface area contributed by atoms with Crippen molar-refractivity contribution in [3.8, 4) is 17.0 Å². The van der Waals surface area contributed by atoms with Gasteiger partial charge in [0.1, 0.15) is 10.5 Å². The molecular formula is C33H27F6N3O5S. The summed E-state index contributed by atoms with van der Waals surface area (Å²) in [6.07, 6.45) is -8.38. The molecule has 0 aliphatic rings. The van der Waals surface area contributed by atoms with E-state index in [1.165, 1.54) is 48.7 Å².